The van der Waals surface area contributed by atoms with Crippen molar-refractivity contribution in [3.8, 4) is 33.9 Å². The van der Waals surface area contributed by atoms with E-state index in [1.165, 1.54) is 16.0 Å². The predicted octanol–water partition coefficient (Wildman–Crippen LogP) is 5.88. The average molecular weight is 875 g/mol. The third-order valence-corrected chi connectivity index (χ3v) is 12.9. The van der Waals surface area contributed by atoms with Crippen LogP contribution < -0.4 is 15.5 Å². The van der Waals surface area contributed by atoms with Gasteiger partial charge in [0.15, 0.2) is 0 Å². The number of aromatic nitrogens is 1. The van der Waals surface area contributed by atoms with Gasteiger partial charge in [0, 0.05) is 61.5 Å². The lowest BCUT2D eigenvalue weighted by Gasteiger charge is -2.37. The summed E-state index contributed by atoms with van der Waals surface area (Å²) in [6.45, 7) is 15.2. The van der Waals surface area contributed by atoms with Crippen molar-refractivity contribution in [2.24, 2.45) is 17.3 Å². The Kier molecular flexibility index (Phi) is 13.5. The minimum Gasteiger partial charge on any atom is -0.508 e. The number of cyclic esters (lactones) is 1. The van der Waals surface area contributed by atoms with Gasteiger partial charge in [-0.15, -0.1) is 0 Å². The number of carbonyl (C=O) groups is 5. The van der Waals surface area contributed by atoms with E-state index in [-0.39, 0.29) is 49.6 Å². The Balaban J connectivity index is 1.30. The zero-order valence-corrected chi connectivity index (χ0v) is 38.1. The highest BCUT2D eigenvalue weighted by Gasteiger charge is 2.40. The maximum atomic E-state index is 14.7. The molecule has 2 fully saturated rings. The maximum Gasteiger partial charge on any atom is 0.324 e. The molecule has 340 valence electrons. The van der Waals surface area contributed by atoms with Crippen LogP contribution >= 0.6 is 0 Å². The zero-order chi connectivity index (χ0) is 46.0. The largest absolute Gasteiger partial charge is 0.508 e. The quantitative estimate of drug-likeness (QED) is 0.138. The highest BCUT2D eigenvalue weighted by atomic mass is 16.5. The number of aryl methyl sites for hydroxylation is 1. The third kappa shape index (κ3) is 9.38. The fourth-order valence-corrected chi connectivity index (χ4v) is 9.75. The summed E-state index contributed by atoms with van der Waals surface area (Å²) < 4.78 is 14.3. The number of carbonyl (C=O) groups excluding carboxylic acids is 5. The van der Waals surface area contributed by atoms with Crippen molar-refractivity contribution in [1.82, 2.24) is 30.1 Å². The molecule has 4 amide bonds. The van der Waals surface area contributed by atoms with Crippen molar-refractivity contribution in [3.05, 3.63) is 84.4 Å². The summed E-state index contributed by atoms with van der Waals surface area (Å²) in [6.07, 6.45) is 3.19. The fraction of sp³-hybridized carbons (Fsp3) is 0.460. The SMILES string of the molecule is C=CC(=O)N1CC[C@H](C(=O)N(C)[C@H](C(=O)NC2Cc3cc(O)cc(c3)-c3ccc4c(c3)c(c(-c3ccccc3OC)n4CC)CC(C)(C)COC(=O)[C@@H]3CCCN(N3)C2=O)C(C)C)C1. The number of hydrazine groups is 1. The molecule has 4 heterocycles. The van der Waals surface area contributed by atoms with Gasteiger partial charge in [0.1, 0.15) is 29.6 Å². The van der Waals surface area contributed by atoms with Crippen LogP contribution in [0.15, 0.2) is 73.3 Å². The predicted molar refractivity (Wildman–Crippen MR) is 245 cm³/mol. The normalized spacial score (nSPS) is 20.7. The second-order valence-corrected chi connectivity index (χ2v) is 18.5. The minimum absolute atomic E-state index is 0.00512. The molecule has 3 aliphatic rings. The molecule has 14 heteroatoms. The first-order valence-electron chi connectivity index (χ1n) is 22.4. The van der Waals surface area contributed by atoms with Crippen molar-refractivity contribution in [3.63, 3.8) is 0 Å². The molecule has 3 aromatic carbocycles. The number of likely N-dealkylation sites (N-methyl/N-ethyl adjacent to an activating group) is 1. The Labute approximate surface area is 375 Å². The summed E-state index contributed by atoms with van der Waals surface area (Å²) in [5, 5.41) is 16.7. The molecule has 3 aliphatic heterocycles. The van der Waals surface area contributed by atoms with Crippen LogP contribution in [-0.2, 0) is 48.1 Å². The summed E-state index contributed by atoms with van der Waals surface area (Å²) in [4.78, 5) is 72.2. The first-order chi connectivity index (χ1) is 30.5. The van der Waals surface area contributed by atoms with E-state index in [9.17, 15) is 29.1 Å². The minimum atomic E-state index is -1.16. The number of nitrogens with one attached hydrogen (secondary N) is 2. The lowest BCUT2D eigenvalue weighted by atomic mass is 9.84. The summed E-state index contributed by atoms with van der Waals surface area (Å²) in [7, 11) is 3.25. The first-order valence-corrected chi connectivity index (χ1v) is 22.4. The number of phenols is 1. The smallest absolute Gasteiger partial charge is 0.324 e. The van der Waals surface area contributed by atoms with E-state index in [4.69, 9.17) is 9.47 Å². The van der Waals surface area contributed by atoms with Gasteiger partial charge in [-0.25, -0.2) is 5.43 Å². The summed E-state index contributed by atoms with van der Waals surface area (Å²) in [5.74, 6) is -2.10. The molecule has 0 saturated carbocycles. The number of methoxy groups -OCH3 is 1. The number of fused-ring (bicyclic) bond motifs is 6. The first kappa shape index (κ1) is 45.9. The topological polar surface area (TPSA) is 163 Å². The molecule has 1 aromatic heterocycles. The Morgan fingerprint density at radius 3 is 2.55 bits per heavy atom. The number of phenolic OH excluding ortho intramolecular Hbond substituents is 1. The molecular weight excluding hydrogens is 813 g/mol. The van der Waals surface area contributed by atoms with Gasteiger partial charge in [-0.3, -0.25) is 29.0 Å². The highest BCUT2D eigenvalue weighted by molar-refractivity contribution is 5.97. The molecule has 6 bridgehead atoms. The lowest BCUT2D eigenvalue weighted by molar-refractivity contribution is -0.155. The number of aromatic hydroxyl groups is 1. The van der Waals surface area contributed by atoms with Crippen LogP contribution in [0.1, 0.15) is 65.0 Å². The van der Waals surface area contributed by atoms with Crippen molar-refractivity contribution in [2.45, 2.75) is 91.4 Å². The summed E-state index contributed by atoms with van der Waals surface area (Å²) >= 11 is 0. The van der Waals surface area contributed by atoms with E-state index in [1.807, 2.05) is 44.2 Å². The molecule has 0 spiro atoms. The molecule has 0 aliphatic carbocycles. The van der Waals surface area contributed by atoms with Crippen LogP contribution in [0.4, 0.5) is 0 Å². The van der Waals surface area contributed by atoms with Gasteiger partial charge in [-0.05, 0) is 103 Å². The second kappa shape index (κ2) is 18.9. The number of rotatable bonds is 9. The summed E-state index contributed by atoms with van der Waals surface area (Å²) in [5.41, 5.74) is 8.78. The molecule has 4 aromatic rings. The van der Waals surface area contributed by atoms with Crippen molar-refractivity contribution in [2.75, 3.05) is 40.4 Å². The van der Waals surface area contributed by atoms with Crippen LogP contribution in [0.25, 0.3) is 33.3 Å². The van der Waals surface area contributed by atoms with Crippen LogP contribution in [0.3, 0.4) is 0 Å². The van der Waals surface area contributed by atoms with Gasteiger partial charge in [0.05, 0.1) is 25.3 Å². The van der Waals surface area contributed by atoms with Crippen molar-refractivity contribution < 1.29 is 38.6 Å². The molecule has 2 saturated heterocycles. The second-order valence-electron chi connectivity index (χ2n) is 18.5. The Morgan fingerprint density at radius 2 is 1.83 bits per heavy atom. The number of benzene rings is 3. The van der Waals surface area contributed by atoms with E-state index in [2.05, 4.69) is 60.9 Å². The molecule has 0 radical (unpaired) electrons. The number of likely N-dealkylation sites (tertiary alicyclic amines) is 1. The van der Waals surface area contributed by atoms with E-state index in [0.717, 1.165) is 44.6 Å². The van der Waals surface area contributed by atoms with Gasteiger partial charge in [0.25, 0.3) is 5.91 Å². The monoisotopic (exact) mass is 874 g/mol. The van der Waals surface area contributed by atoms with Crippen LogP contribution in [0.2, 0.25) is 0 Å². The standard InChI is InChI=1S/C50H62N6O8/c1-9-43(58)54-21-19-33(28-54)47(60)53(7)44(30(3)4)46(59)51-40-24-31-22-34(25-35(57)23-31)32-17-18-41-37(26-32)38(45(55(41)10-2)36-14-11-12-16-42(36)63-8)27-50(5,6)29-64-49(62)39-15-13-20-56(52-39)48(40)61/h9,11-12,14,16-18,22-23,25-26,30,33,39-40,44,52,57H,1,10,13,15,19-21,24,27-29H2,2-8H3,(H,51,59)/t33-,39-,40?,44-/m0/s1. The van der Waals surface area contributed by atoms with Crippen molar-refractivity contribution >= 4 is 40.5 Å². The van der Waals surface area contributed by atoms with Crippen molar-refractivity contribution in [1.29, 1.82) is 0 Å². The molecule has 1 unspecified atom stereocenters. The van der Waals surface area contributed by atoms with Gasteiger partial charge >= 0.3 is 5.97 Å². The van der Waals surface area contributed by atoms with Gasteiger partial charge < -0.3 is 34.3 Å². The number of esters is 1. The Bertz CT molecular complexity index is 2460. The Hall–Kier alpha value is -6.15. The summed E-state index contributed by atoms with van der Waals surface area (Å²) in [6, 6.07) is 16.5. The van der Waals surface area contributed by atoms with E-state index in [0.29, 0.717) is 44.3 Å². The number of ether oxygens (including phenoxy) is 2. The molecule has 4 atom stereocenters. The number of amides is 4. The van der Waals surface area contributed by atoms with Gasteiger partial charge in [0.2, 0.25) is 17.7 Å². The van der Waals surface area contributed by atoms with Crippen LogP contribution in [0, 0.1) is 17.3 Å². The Morgan fingerprint density at radius 1 is 1.06 bits per heavy atom. The van der Waals surface area contributed by atoms with E-state index in [1.54, 1.807) is 31.2 Å². The zero-order valence-electron chi connectivity index (χ0n) is 38.1. The maximum absolute atomic E-state index is 14.7. The molecule has 3 N–H and O–H groups in total. The average Bonchev–Trinajstić information content (AvgIpc) is 3.89. The van der Waals surface area contributed by atoms with E-state index >= 15 is 0 Å². The third-order valence-electron chi connectivity index (χ3n) is 12.9. The highest BCUT2D eigenvalue weighted by Crippen LogP contribution is 2.43. The van der Waals surface area contributed by atoms with Crippen LogP contribution in [-0.4, -0.2) is 113 Å². The number of hydrogen-bond acceptors (Lipinski definition) is 9. The van der Waals surface area contributed by atoms with Gasteiger partial charge in [-0.2, -0.15) is 0 Å². The number of para-hydroxylation sites is 1. The number of hydrogen-bond donors (Lipinski definition) is 3. The van der Waals surface area contributed by atoms with Crippen LogP contribution in [0.5, 0.6) is 11.5 Å². The van der Waals surface area contributed by atoms with E-state index < -0.39 is 47.2 Å². The fourth-order valence-electron chi connectivity index (χ4n) is 9.75. The molecular formula is C50H62N6O8. The molecule has 64 heavy (non-hydrogen) atoms. The molecule has 14 nitrogen and oxygen atoms in total. The molecule has 7 rings (SSSR count). The number of nitrogens with zero attached hydrogens (tertiary/aromatic N) is 4. The van der Waals surface area contributed by atoms with Gasteiger partial charge in [-0.1, -0.05) is 58.5 Å². The lowest BCUT2D eigenvalue weighted by Crippen LogP contribution is -2.62.